The molecule has 0 spiro atoms. The standard InChI is InChI=1S/C17H23NO5/c1-4-11-23-13-7-5-12(6-8-13)14(19)9-10-15(20)18-17(2,3)16(21)22/h5-8H,4,9-11H2,1-3H3,(H,18,20)(H,21,22). The number of ether oxygens (including phenoxy) is 1. The van der Waals surface area contributed by atoms with Crippen molar-refractivity contribution in [2.45, 2.75) is 45.6 Å². The van der Waals surface area contributed by atoms with Crippen LogP contribution in [0.25, 0.3) is 0 Å². The second kappa shape index (κ2) is 8.31. The van der Waals surface area contributed by atoms with Gasteiger partial charge in [0.05, 0.1) is 6.61 Å². The molecule has 1 rings (SSSR count). The molecule has 1 aromatic carbocycles. The molecule has 0 radical (unpaired) electrons. The van der Waals surface area contributed by atoms with E-state index in [-0.39, 0.29) is 18.6 Å². The van der Waals surface area contributed by atoms with E-state index in [1.165, 1.54) is 13.8 Å². The first kappa shape index (κ1) is 18.7. The van der Waals surface area contributed by atoms with Crippen LogP contribution >= 0.6 is 0 Å². The van der Waals surface area contributed by atoms with Gasteiger partial charge in [-0.1, -0.05) is 6.92 Å². The fraction of sp³-hybridized carbons (Fsp3) is 0.471. The van der Waals surface area contributed by atoms with Crippen molar-refractivity contribution >= 4 is 17.7 Å². The van der Waals surface area contributed by atoms with Gasteiger partial charge in [-0.15, -0.1) is 0 Å². The Morgan fingerprint density at radius 2 is 1.74 bits per heavy atom. The topological polar surface area (TPSA) is 92.7 Å². The Hall–Kier alpha value is -2.37. The lowest BCUT2D eigenvalue weighted by atomic mass is 10.0. The van der Waals surface area contributed by atoms with E-state index >= 15 is 0 Å². The number of aliphatic carboxylic acids is 1. The van der Waals surface area contributed by atoms with Gasteiger partial charge in [-0.05, 0) is 44.5 Å². The molecule has 0 saturated carbocycles. The monoisotopic (exact) mass is 321 g/mol. The summed E-state index contributed by atoms with van der Waals surface area (Å²) in [5.41, 5.74) is -0.850. The molecule has 23 heavy (non-hydrogen) atoms. The van der Waals surface area contributed by atoms with E-state index < -0.39 is 17.4 Å². The van der Waals surface area contributed by atoms with E-state index in [2.05, 4.69) is 5.32 Å². The molecule has 0 saturated heterocycles. The molecule has 0 atom stereocenters. The number of carboxylic acids is 1. The first-order valence-electron chi connectivity index (χ1n) is 7.56. The van der Waals surface area contributed by atoms with Gasteiger partial charge in [0.1, 0.15) is 11.3 Å². The maximum Gasteiger partial charge on any atom is 0.328 e. The van der Waals surface area contributed by atoms with E-state index in [4.69, 9.17) is 9.84 Å². The summed E-state index contributed by atoms with van der Waals surface area (Å²) in [5, 5.41) is 11.3. The Balaban J connectivity index is 2.50. The van der Waals surface area contributed by atoms with E-state index in [0.29, 0.717) is 17.9 Å². The molecule has 1 amide bonds. The van der Waals surface area contributed by atoms with Crippen LogP contribution < -0.4 is 10.1 Å². The Kier molecular flexibility index (Phi) is 6.75. The highest BCUT2D eigenvalue weighted by Gasteiger charge is 2.28. The first-order chi connectivity index (χ1) is 10.8. The average Bonchev–Trinajstić information content (AvgIpc) is 2.50. The van der Waals surface area contributed by atoms with Crippen LogP contribution in [0.1, 0.15) is 50.4 Å². The van der Waals surface area contributed by atoms with Crippen molar-refractivity contribution in [3.63, 3.8) is 0 Å². The van der Waals surface area contributed by atoms with Gasteiger partial charge < -0.3 is 15.2 Å². The fourth-order valence-corrected chi connectivity index (χ4v) is 1.79. The predicted octanol–water partition coefficient (Wildman–Crippen LogP) is 2.42. The van der Waals surface area contributed by atoms with Crippen LogP contribution in [-0.4, -0.2) is 34.9 Å². The second-order valence-electron chi connectivity index (χ2n) is 5.77. The molecule has 0 unspecified atom stereocenters. The Morgan fingerprint density at radius 1 is 1.13 bits per heavy atom. The number of hydrogen-bond donors (Lipinski definition) is 2. The number of carboxylic acid groups (broad SMARTS) is 1. The van der Waals surface area contributed by atoms with Crippen LogP contribution in [0.5, 0.6) is 5.75 Å². The van der Waals surface area contributed by atoms with Gasteiger partial charge in [-0.2, -0.15) is 0 Å². The van der Waals surface area contributed by atoms with Gasteiger partial charge in [-0.3, -0.25) is 9.59 Å². The first-order valence-corrected chi connectivity index (χ1v) is 7.56. The number of ketones is 1. The van der Waals surface area contributed by atoms with Crippen LogP contribution in [0.4, 0.5) is 0 Å². The van der Waals surface area contributed by atoms with Crippen LogP contribution in [0, 0.1) is 0 Å². The van der Waals surface area contributed by atoms with Crippen molar-refractivity contribution in [1.29, 1.82) is 0 Å². The zero-order chi connectivity index (χ0) is 17.5. The third kappa shape index (κ3) is 6.10. The lowest BCUT2D eigenvalue weighted by Gasteiger charge is -2.20. The summed E-state index contributed by atoms with van der Waals surface area (Å²) in [7, 11) is 0. The average molecular weight is 321 g/mol. The molecular weight excluding hydrogens is 298 g/mol. The van der Waals surface area contributed by atoms with Gasteiger partial charge in [0.25, 0.3) is 0 Å². The molecule has 0 heterocycles. The molecule has 6 nitrogen and oxygen atoms in total. The minimum absolute atomic E-state index is 0.0245. The largest absolute Gasteiger partial charge is 0.494 e. The zero-order valence-electron chi connectivity index (χ0n) is 13.7. The third-order valence-corrected chi connectivity index (χ3v) is 3.21. The summed E-state index contributed by atoms with van der Waals surface area (Å²) in [6.07, 6.45) is 0.878. The van der Waals surface area contributed by atoms with E-state index in [1.807, 2.05) is 6.92 Å². The highest BCUT2D eigenvalue weighted by molar-refractivity contribution is 5.98. The molecule has 0 fully saturated rings. The van der Waals surface area contributed by atoms with E-state index in [0.717, 1.165) is 6.42 Å². The molecule has 126 valence electrons. The maximum atomic E-state index is 12.0. The molecule has 0 aliphatic carbocycles. The molecular formula is C17H23NO5. The number of carbonyl (C=O) groups is 3. The van der Waals surface area contributed by atoms with E-state index in [1.54, 1.807) is 24.3 Å². The minimum Gasteiger partial charge on any atom is -0.494 e. The smallest absolute Gasteiger partial charge is 0.328 e. The SMILES string of the molecule is CCCOc1ccc(C(=O)CCC(=O)NC(C)(C)C(=O)O)cc1. The normalized spacial score (nSPS) is 10.9. The Bertz CT molecular complexity index is 563. The number of Topliss-reactive ketones (excluding diaryl/α,β-unsaturated/α-hetero) is 1. The summed E-state index contributed by atoms with van der Waals surface area (Å²) in [4.78, 5) is 34.7. The quantitative estimate of drug-likeness (QED) is 0.681. The summed E-state index contributed by atoms with van der Waals surface area (Å²) in [5.74, 6) is -1.06. The molecule has 0 aliphatic rings. The van der Waals surface area contributed by atoms with E-state index in [9.17, 15) is 14.4 Å². The molecule has 0 aromatic heterocycles. The van der Waals surface area contributed by atoms with Gasteiger partial charge >= 0.3 is 5.97 Å². The third-order valence-electron chi connectivity index (χ3n) is 3.21. The second-order valence-corrected chi connectivity index (χ2v) is 5.77. The van der Waals surface area contributed by atoms with Crippen molar-refractivity contribution < 1.29 is 24.2 Å². The Labute approximate surface area is 135 Å². The minimum atomic E-state index is -1.35. The number of amides is 1. The highest BCUT2D eigenvalue weighted by Crippen LogP contribution is 2.14. The molecule has 2 N–H and O–H groups in total. The van der Waals surface area contributed by atoms with Gasteiger partial charge in [-0.25, -0.2) is 4.79 Å². The van der Waals surface area contributed by atoms with Crippen LogP contribution in [0.15, 0.2) is 24.3 Å². The highest BCUT2D eigenvalue weighted by atomic mass is 16.5. The summed E-state index contributed by atoms with van der Waals surface area (Å²) < 4.78 is 5.43. The summed E-state index contributed by atoms with van der Waals surface area (Å²) in [6, 6.07) is 6.76. The number of carbonyl (C=O) groups excluding carboxylic acids is 2. The number of benzene rings is 1. The Morgan fingerprint density at radius 3 is 2.26 bits per heavy atom. The van der Waals surface area contributed by atoms with Gasteiger partial charge in [0.15, 0.2) is 5.78 Å². The van der Waals surface area contributed by atoms with Crippen LogP contribution in [0.2, 0.25) is 0 Å². The van der Waals surface area contributed by atoms with Crippen LogP contribution in [0.3, 0.4) is 0 Å². The number of rotatable bonds is 9. The van der Waals surface area contributed by atoms with Crippen molar-refractivity contribution in [3.05, 3.63) is 29.8 Å². The molecule has 0 aliphatic heterocycles. The summed E-state index contributed by atoms with van der Waals surface area (Å²) in [6.45, 7) is 5.41. The number of nitrogens with one attached hydrogen (secondary N) is 1. The lowest BCUT2D eigenvalue weighted by Crippen LogP contribution is -2.49. The predicted molar refractivity (Wildman–Crippen MR) is 85.7 cm³/mol. The van der Waals surface area contributed by atoms with Crippen molar-refractivity contribution in [1.82, 2.24) is 5.32 Å². The fourth-order valence-electron chi connectivity index (χ4n) is 1.79. The van der Waals surface area contributed by atoms with Crippen molar-refractivity contribution in [3.8, 4) is 5.75 Å². The molecule has 1 aromatic rings. The molecule has 0 bridgehead atoms. The maximum absolute atomic E-state index is 12.0. The number of hydrogen-bond acceptors (Lipinski definition) is 4. The summed E-state index contributed by atoms with van der Waals surface area (Å²) >= 11 is 0. The zero-order valence-corrected chi connectivity index (χ0v) is 13.7. The van der Waals surface area contributed by atoms with Gasteiger partial charge in [0, 0.05) is 18.4 Å². The lowest BCUT2D eigenvalue weighted by molar-refractivity contribution is -0.146. The van der Waals surface area contributed by atoms with Gasteiger partial charge in [0.2, 0.25) is 5.91 Å². The van der Waals surface area contributed by atoms with Crippen molar-refractivity contribution in [2.75, 3.05) is 6.61 Å². The van der Waals surface area contributed by atoms with Crippen LogP contribution in [-0.2, 0) is 9.59 Å². The van der Waals surface area contributed by atoms with Crippen molar-refractivity contribution in [2.24, 2.45) is 0 Å². The molecule has 6 heteroatoms.